The van der Waals surface area contributed by atoms with Gasteiger partial charge in [0.1, 0.15) is 0 Å². The largest absolute Gasteiger partial charge is 0.527 e. The topological polar surface area (TPSA) is 18.5 Å². The highest BCUT2D eigenvalue weighted by molar-refractivity contribution is 4.77. The van der Waals surface area contributed by atoms with Crippen LogP contribution >= 0.6 is 0 Å². The minimum Gasteiger partial charge on any atom is -0.248 e. The summed E-state index contributed by atoms with van der Waals surface area (Å²) in [5, 5.41) is 0. The summed E-state index contributed by atoms with van der Waals surface area (Å²) in [7, 11) is 0. The zero-order chi connectivity index (χ0) is 15.9. The average Bonchev–Trinajstić information content (AvgIpc) is 1.92. The van der Waals surface area contributed by atoms with E-state index >= 15 is 0 Å². The van der Waals surface area contributed by atoms with Crippen molar-refractivity contribution in [1.82, 2.24) is 0 Å². The SMILES string of the molecule is CC(C)(C)C(F)(F)OC(F)(F)C(F)(F)OC(F)(F)F. The van der Waals surface area contributed by atoms with Gasteiger partial charge in [0.15, 0.2) is 0 Å². The molecule has 0 N–H and O–H groups in total. The first-order valence-corrected chi connectivity index (χ1v) is 4.52. The van der Waals surface area contributed by atoms with Crippen molar-refractivity contribution >= 4 is 0 Å². The number of rotatable bonds is 4. The van der Waals surface area contributed by atoms with Crippen molar-refractivity contribution in [3.63, 3.8) is 0 Å². The molecule has 0 radical (unpaired) electrons. The molecule has 0 saturated carbocycles. The van der Waals surface area contributed by atoms with E-state index in [4.69, 9.17) is 0 Å². The van der Waals surface area contributed by atoms with Crippen molar-refractivity contribution in [2.75, 3.05) is 0 Å². The van der Waals surface area contributed by atoms with E-state index in [0.29, 0.717) is 20.8 Å². The highest BCUT2D eigenvalue weighted by Crippen LogP contribution is 2.47. The highest BCUT2D eigenvalue weighted by Gasteiger charge is 2.69. The van der Waals surface area contributed by atoms with Crippen LogP contribution in [-0.4, -0.2) is 24.7 Å². The van der Waals surface area contributed by atoms with Gasteiger partial charge in [-0.15, -0.1) is 13.2 Å². The Morgan fingerprint density at radius 1 is 0.526 bits per heavy atom. The lowest BCUT2D eigenvalue weighted by molar-refractivity contribution is -0.535. The van der Waals surface area contributed by atoms with Gasteiger partial charge in [-0.2, -0.15) is 26.3 Å². The molecule has 0 rings (SSSR count). The molecule has 0 fully saturated rings. The van der Waals surface area contributed by atoms with Crippen molar-refractivity contribution in [1.29, 1.82) is 0 Å². The molecule has 0 heterocycles. The lowest BCUT2D eigenvalue weighted by Crippen LogP contribution is -2.53. The molecule has 11 heteroatoms. The zero-order valence-electron chi connectivity index (χ0n) is 9.72. The van der Waals surface area contributed by atoms with Crippen LogP contribution < -0.4 is 0 Å². The van der Waals surface area contributed by atoms with Crippen molar-refractivity contribution in [3.8, 4) is 0 Å². The number of hydrogen-bond donors (Lipinski definition) is 0. The van der Waals surface area contributed by atoms with Gasteiger partial charge in [0.05, 0.1) is 5.41 Å². The van der Waals surface area contributed by atoms with E-state index in [0.717, 1.165) is 0 Å². The minimum absolute atomic E-state index is 0.659. The van der Waals surface area contributed by atoms with Gasteiger partial charge in [-0.1, -0.05) is 20.8 Å². The van der Waals surface area contributed by atoms with E-state index in [1.165, 1.54) is 0 Å². The summed E-state index contributed by atoms with van der Waals surface area (Å²) in [5.74, 6) is 0. The second-order valence-electron chi connectivity index (χ2n) is 4.45. The van der Waals surface area contributed by atoms with E-state index in [9.17, 15) is 39.5 Å². The second-order valence-corrected chi connectivity index (χ2v) is 4.45. The monoisotopic (exact) mass is 308 g/mol. The summed E-state index contributed by atoms with van der Waals surface area (Å²) < 4.78 is 115. The maximum Gasteiger partial charge on any atom is 0.527 e. The first kappa shape index (κ1) is 18.3. The fourth-order valence-electron chi connectivity index (χ4n) is 0.578. The van der Waals surface area contributed by atoms with Crippen LogP contribution in [0.4, 0.5) is 39.5 Å². The molecule has 0 saturated heterocycles. The molecule has 0 aromatic heterocycles. The minimum atomic E-state index is -6.31. The fraction of sp³-hybridized carbons (Fsp3) is 1.00. The molecular formula is C8H9F9O2. The molecule has 2 nitrogen and oxygen atoms in total. The molecule has 0 aliphatic heterocycles. The van der Waals surface area contributed by atoms with Gasteiger partial charge in [0.2, 0.25) is 0 Å². The number of halogens is 9. The Kier molecular flexibility index (Phi) is 4.51. The molecule has 116 valence electrons. The number of hydrogen-bond acceptors (Lipinski definition) is 2. The maximum atomic E-state index is 13.0. The summed E-state index contributed by atoms with van der Waals surface area (Å²) in [6.45, 7) is 1.98. The summed E-state index contributed by atoms with van der Waals surface area (Å²) in [5.41, 5.74) is -2.36. The molecule has 0 atom stereocenters. The molecule has 0 bridgehead atoms. The van der Waals surface area contributed by atoms with Crippen LogP contribution in [-0.2, 0) is 9.47 Å². The Hall–Kier alpha value is -0.710. The van der Waals surface area contributed by atoms with Gasteiger partial charge < -0.3 is 0 Å². The molecule has 19 heavy (non-hydrogen) atoms. The average molecular weight is 308 g/mol. The van der Waals surface area contributed by atoms with Gasteiger partial charge in [0, 0.05) is 0 Å². The Balaban J connectivity index is 5.18. The third-order valence-electron chi connectivity index (χ3n) is 1.71. The van der Waals surface area contributed by atoms with Gasteiger partial charge >= 0.3 is 24.7 Å². The Morgan fingerprint density at radius 2 is 0.842 bits per heavy atom. The predicted octanol–water partition coefficient (Wildman–Crippen LogP) is 4.36. The molecule has 0 aliphatic rings. The molecule has 0 spiro atoms. The van der Waals surface area contributed by atoms with Crippen LogP contribution in [0.15, 0.2) is 0 Å². The Morgan fingerprint density at radius 3 is 1.11 bits per heavy atom. The van der Waals surface area contributed by atoms with E-state index in [1.807, 2.05) is 0 Å². The smallest absolute Gasteiger partial charge is 0.248 e. The van der Waals surface area contributed by atoms with Crippen molar-refractivity contribution < 1.29 is 49.0 Å². The van der Waals surface area contributed by atoms with Gasteiger partial charge in [0.25, 0.3) is 0 Å². The zero-order valence-corrected chi connectivity index (χ0v) is 9.72. The highest BCUT2D eigenvalue weighted by atomic mass is 19.4. The molecule has 0 amide bonds. The summed E-state index contributed by atoms with van der Waals surface area (Å²) in [6.07, 6.45) is -23.5. The van der Waals surface area contributed by atoms with Crippen LogP contribution in [0.5, 0.6) is 0 Å². The third kappa shape index (κ3) is 4.71. The van der Waals surface area contributed by atoms with Crippen LogP contribution in [0.2, 0.25) is 0 Å². The van der Waals surface area contributed by atoms with Gasteiger partial charge in [-0.05, 0) is 0 Å². The van der Waals surface area contributed by atoms with E-state index in [1.54, 1.807) is 4.74 Å². The maximum absolute atomic E-state index is 13.0. The summed E-state index contributed by atoms with van der Waals surface area (Å²) in [4.78, 5) is 0. The quantitative estimate of drug-likeness (QED) is 0.718. The second kappa shape index (κ2) is 4.69. The predicted molar refractivity (Wildman–Crippen MR) is 42.5 cm³/mol. The number of alkyl halides is 9. The molecular weight excluding hydrogens is 299 g/mol. The normalized spacial score (nSPS) is 15.8. The first-order chi connectivity index (χ1) is 7.91. The van der Waals surface area contributed by atoms with Gasteiger partial charge in [-0.3, -0.25) is 0 Å². The fourth-order valence-corrected chi connectivity index (χ4v) is 0.578. The van der Waals surface area contributed by atoms with E-state index in [2.05, 4.69) is 4.74 Å². The summed E-state index contributed by atoms with van der Waals surface area (Å²) in [6, 6.07) is 0. The Bertz CT molecular complexity index is 315. The van der Waals surface area contributed by atoms with Crippen LogP contribution in [0.25, 0.3) is 0 Å². The standard InChI is InChI=1S/C8H9F9O2/c1-4(2,3)5(9,10)18-6(11,12)7(13,14)19-8(15,16)17/h1-3H3. The first-order valence-electron chi connectivity index (χ1n) is 4.52. The van der Waals surface area contributed by atoms with Crippen LogP contribution in [0, 0.1) is 5.41 Å². The third-order valence-corrected chi connectivity index (χ3v) is 1.71. The van der Waals surface area contributed by atoms with Crippen LogP contribution in [0.3, 0.4) is 0 Å². The Labute approximate surface area is 101 Å². The molecule has 0 aromatic rings. The van der Waals surface area contributed by atoms with E-state index in [-0.39, 0.29) is 0 Å². The lowest BCUT2D eigenvalue weighted by atomic mass is 9.95. The molecule has 0 aliphatic carbocycles. The number of ether oxygens (including phenoxy) is 2. The van der Waals surface area contributed by atoms with Crippen molar-refractivity contribution in [2.45, 2.75) is 45.5 Å². The van der Waals surface area contributed by atoms with Crippen LogP contribution in [0.1, 0.15) is 20.8 Å². The molecule has 0 aromatic carbocycles. The van der Waals surface area contributed by atoms with Gasteiger partial charge in [-0.25, -0.2) is 9.47 Å². The molecule has 0 unspecified atom stereocenters. The lowest BCUT2D eigenvalue weighted by Gasteiger charge is -2.34. The van der Waals surface area contributed by atoms with E-state index < -0.39 is 30.1 Å². The summed E-state index contributed by atoms with van der Waals surface area (Å²) >= 11 is 0. The van der Waals surface area contributed by atoms with Crippen molar-refractivity contribution in [3.05, 3.63) is 0 Å². The van der Waals surface area contributed by atoms with Crippen molar-refractivity contribution in [2.24, 2.45) is 5.41 Å².